The van der Waals surface area contributed by atoms with E-state index in [9.17, 15) is 5.11 Å². The Hall–Kier alpha value is -1.06. The normalized spacial score (nSPS) is 12.5. The zero-order valence-corrected chi connectivity index (χ0v) is 11.0. The van der Waals surface area contributed by atoms with Gasteiger partial charge in [-0.1, -0.05) is 19.1 Å². The summed E-state index contributed by atoms with van der Waals surface area (Å²) >= 11 is 0. The van der Waals surface area contributed by atoms with Crippen LogP contribution in [0.1, 0.15) is 24.5 Å². The van der Waals surface area contributed by atoms with Crippen molar-refractivity contribution in [1.82, 2.24) is 5.32 Å². The van der Waals surface area contributed by atoms with Gasteiger partial charge in [0.15, 0.2) is 0 Å². The molecule has 0 radical (unpaired) electrons. The van der Waals surface area contributed by atoms with E-state index < -0.39 is 0 Å². The molecule has 2 N–H and O–H groups in total. The Bertz CT molecular complexity index is 339. The summed E-state index contributed by atoms with van der Waals surface area (Å²) in [6.45, 7) is 7.69. The minimum atomic E-state index is 0.00913. The first-order chi connectivity index (χ1) is 8.17. The Morgan fingerprint density at radius 1 is 1.35 bits per heavy atom. The molecule has 1 unspecified atom stereocenters. The molecule has 0 spiro atoms. The maximum Gasteiger partial charge on any atom is 0.122 e. The molecule has 0 bridgehead atoms. The van der Waals surface area contributed by atoms with Crippen molar-refractivity contribution in [1.29, 1.82) is 0 Å². The van der Waals surface area contributed by atoms with Gasteiger partial charge in [-0.25, -0.2) is 0 Å². The maximum absolute atomic E-state index is 9.21. The van der Waals surface area contributed by atoms with Gasteiger partial charge in [-0.3, -0.25) is 0 Å². The lowest BCUT2D eigenvalue weighted by Gasteiger charge is -2.17. The average Bonchev–Trinajstić information content (AvgIpc) is 2.33. The van der Waals surface area contributed by atoms with Gasteiger partial charge in [0, 0.05) is 0 Å². The van der Waals surface area contributed by atoms with Gasteiger partial charge in [0.2, 0.25) is 0 Å². The summed E-state index contributed by atoms with van der Waals surface area (Å²) in [7, 11) is 0. The van der Waals surface area contributed by atoms with Crippen molar-refractivity contribution in [2.45, 2.75) is 33.2 Å². The summed E-state index contributed by atoms with van der Waals surface area (Å²) < 4.78 is 5.75. The molecule has 0 fully saturated rings. The van der Waals surface area contributed by atoms with Crippen molar-refractivity contribution < 1.29 is 9.84 Å². The van der Waals surface area contributed by atoms with Gasteiger partial charge in [-0.2, -0.15) is 0 Å². The fourth-order valence-corrected chi connectivity index (χ4v) is 1.58. The smallest absolute Gasteiger partial charge is 0.122 e. The van der Waals surface area contributed by atoms with Crippen LogP contribution in [0.2, 0.25) is 0 Å². The van der Waals surface area contributed by atoms with Crippen molar-refractivity contribution in [3.05, 3.63) is 29.3 Å². The van der Waals surface area contributed by atoms with Crippen molar-refractivity contribution >= 4 is 0 Å². The molecule has 0 saturated carbocycles. The van der Waals surface area contributed by atoms with Gasteiger partial charge in [0.1, 0.15) is 12.4 Å². The van der Waals surface area contributed by atoms with Crippen LogP contribution in [-0.2, 0) is 0 Å². The predicted molar refractivity (Wildman–Crippen MR) is 70.6 cm³/mol. The number of rotatable bonds is 7. The summed E-state index contributed by atoms with van der Waals surface area (Å²) in [6, 6.07) is 6.16. The molecule has 0 aromatic heterocycles. The molecule has 0 aliphatic heterocycles. The van der Waals surface area contributed by atoms with Crippen LogP contribution in [0.4, 0.5) is 0 Å². The second kappa shape index (κ2) is 7.30. The summed E-state index contributed by atoms with van der Waals surface area (Å²) in [5, 5.41) is 12.5. The van der Waals surface area contributed by atoms with Crippen molar-refractivity contribution in [3.63, 3.8) is 0 Å². The monoisotopic (exact) mass is 237 g/mol. The van der Waals surface area contributed by atoms with Crippen molar-refractivity contribution in [2.24, 2.45) is 0 Å². The highest BCUT2D eigenvalue weighted by Crippen LogP contribution is 2.19. The highest BCUT2D eigenvalue weighted by molar-refractivity contribution is 5.35. The van der Waals surface area contributed by atoms with Crippen molar-refractivity contribution in [2.75, 3.05) is 19.8 Å². The number of ether oxygens (including phenoxy) is 1. The summed E-state index contributed by atoms with van der Waals surface area (Å²) in [5.41, 5.74) is 2.32. The zero-order chi connectivity index (χ0) is 12.7. The van der Waals surface area contributed by atoms with E-state index in [1.807, 2.05) is 19.9 Å². The first-order valence-corrected chi connectivity index (χ1v) is 6.21. The molecule has 17 heavy (non-hydrogen) atoms. The van der Waals surface area contributed by atoms with E-state index in [1.54, 1.807) is 0 Å². The van der Waals surface area contributed by atoms with Crippen LogP contribution in [0.3, 0.4) is 0 Å². The molecular formula is C14H23NO2. The lowest BCUT2D eigenvalue weighted by Crippen LogP contribution is -2.38. The number of hydrogen-bond acceptors (Lipinski definition) is 3. The van der Waals surface area contributed by atoms with Crippen LogP contribution in [-0.4, -0.2) is 30.9 Å². The fourth-order valence-electron chi connectivity index (χ4n) is 1.58. The molecule has 1 atom stereocenters. The lowest BCUT2D eigenvalue weighted by atomic mass is 10.1. The molecule has 0 heterocycles. The van der Waals surface area contributed by atoms with Gasteiger partial charge in [0.25, 0.3) is 0 Å². The van der Waals surface area contributed by atoms with E-state index in [0.29, 0.717) is 6.61 Å². The number of hydrogen-bond donors (Lipinski definition) is 2. The number of benzene rings is 1. The summed E-state index contributed by atoms with van der Waals surface area (Å²) in [4.78, 5) is 0. The quantitative estimate of drug-likeness (QED) is 0.762. The summed E-state index contributed by atoms with van der Waals surface area (Å²) in [6.07, 6.45) is 1.06. The number of aliphatic hydroxyl groups is 1. The van der Waals surface area contributed by atoms with E-state index in [-0.39, 0.29) is 12.6 Å². The van der Waals surface area contributed by atoms with Gasteiger partial charge < -0.3 is 15.2 Å². The topological polar surface area (TPSA) is 41.5 Å². The third kappa shape index (κ3) is 4.75. The number of aryl methyl sites for hydroxylation is 2. The number of aliphatic hydroxyl groups excluding tert-OH is 1. The molecular weight excluding hydrogens is 214 g/mol. The van der Waals surface area contributed by atoms with Gasteiger partial charge in [-0.15, -0.1) is 0 Å². The minimum Gasteiger partial charge on any atom is -0.492 e. The summed E-state index contributed by atoms with van der Waals surface area (Å²) in [5.74, 6) is 0.904. The molecule has 1 aromatic rings. The Morgan fingerprint density at radius 2 is 2.12 bits per heavy atom. The molecule has 1 aromatic carbocycles. The fraction of sp³-hybridized carbons (Fsp3) is 0.571. The van der Waals surface area contributed by atoms with Crippen LogP contribution in [0.15, 0.2) is 18.2 Å². The van der Waals surface area contributed by atoms with Gasteiger partial charge in [-0.05, 0) is 44.0 Å². The van der Waals surface area contributed by atoms with Crippen LogP contribution in [0.5, 0.6) is 5.75 Å². The van der Waals surface area contributed by atoms with E-state index in [4.69, 9.17) is 4.74 Å². The third-order valence-corrected chi connectivity index (χ3v) is 2.69. The first kappa shape index (κ1) is 14.0. The zero-order valence-electron chi connectivity index (χ0n) is 11.0. The second-order valence-electron chi connectivity index (χ2n) is 4.41. The molecule has 0 amide bonds. The minimum absolute atomic E-state index is 0.00913. The molecule has 1 rings (SSSR count). The Balaban J connectivity index is 2.50. The van der Waals surface area contributed by atoms with Gasteiger partial charge in [0.05, 0.1) is 12.6 Å². The predicted octanol–water partition coefficient (Wildman–Crippen LogP) is 2.04. The average molecular weight is 237 g/mol. The molecule has 3 heteroatoms. The second-order valence-corrected chi connectivity index (χ2v) is 4.41. The van der Waals surface area contributed by atoms with Crippen LogP contribution in [0.25, 0.3) is 0 Å². The van der Waals surface area contributed by atoms with Crippen LogP contribution in [0, 0.1) is 13.8 Å². The van der Waals surface area contributed by atoms with E-state index in [0.717, 1.165) is 24.3 Å². The highest BCUT2D eigenvalue weighted by Gasteiger charge is 2.08. The van der Waals surface area contributed by atoms with Crippen LogP contribution < -0.4 is 10.1 Å². The van der Waals surface area contributed by atoms with E-state index in [2.05, 4.69) is 24.4 Å². The molecule has 0 aliphatic rings. The maximum atomic E-state index is 9.21. The van der Waals surface area contributed by atoms with E-state index >= 15 is 0 Å². The molecule has 3 nitrogen and oxygen atoms in total. The lowest BCUT2D eigenvalue weighted by molar-refractivity contribution is 0.183. The number of nitrogens with one attached hydrogen (secondary N) is 1. The Labute approximate surface area is 104 Å². The van der Waals surface area contributed by atoms with E-state index in [1.165, 1.54) is 5.56 Å². The standard InChI is InChI=1S/C14H23NO2/c1-4-7-15-13(9-16)10-17-14-8-11(2)5-6-12(14)3/h5-6,8,13,15-16H,4,7,9-10H2,1-3H3. The molecule has 0 saturated heterocycles. The van der Waals surface area contributed by atoms with Crippen molar-refractivity contribution in [3.8, 4) is 5.75 Å². The first-order valence-electron chi connectivity index (χ1n) is 6.21. The largest absolute Gasteiger partial charge is 0.492 e. The molecule has 96 valence electrons. The SMILES string of the molecule is CCCNC(CO)COc1cc(C)ccc1C. The molecule has 0 aliphatic carbocycles. The Morgan fingerprint density at radius 3 is 2.76 bits per heavy atom. The highest BCUT2D eigenvalue weighted by atomic mass is 16.5. The van der Waals surface area contributed by atoms with Gasteiger partial charge >= 0.3 is 0 Å². The third-order valence-electron chi connectivity index (χ3n) is 2.69. The van der Waals surface area contributed by atoms with Crippen LogP contribution >= 0.6 is 0 Å². The Kier molecular flexibility index (Phi) is 6.01.